The van der Waals surface area contributed by atoms with Crippen LogP contribution in [-0.4, -0.2) is 43.0 Å². The van der Waals surface area contributed by atoms with Gasteiger partial charge in [-0.1, -0.05) is 20.8 Å². The molecule has 0 aromatic carbocycles. The maximum atomic E-state index is 11.7. The highest BCUT2D eigenvalue weighted by Crippen LogP contribution is 2.30. The first kappa shape index (κ1) is 12.3. The van der Waals surface area contributed by atoms with E-state index >= 15 is 0 Å². The third-order valence-corrected chi connectivity index (χ3v) is 2.84. The molecule has 0 spiro atoms. The first-order valence-corrected chi connectivity index (χ1v) is 5.76. The highest BCUT2D eigenvalue weighted by atomic mass is 16.2. The molecule has 1 saturated heterocycles. The van der Waals surface area contributed by atoms with E-state index in [1.807, 2.05) is 19.0 Å². The normalized spacial score (nSPS) is 21.9. The van der Waals surface area contributed by atoms with Crippen LogP contribution in [0.4, 0.5) is 4.79 Å². The largest absolute Gasteiger partial charge is 0.331 e. The Balaban J connectivity index is 2.43. The summed E-state index contributed by atoms with van der Waals surface area (Å²) in [5.41, 5.74) is 0.377. The topological polar surface area (TPSA) is 23.6 Å². The van der Waals surface area contributed by atoms with Crippen LogP contribution in [0, 0.1) is 11.3 Å². The highest BCUT2D eigenvalue weighted by Gasteiger charge is 2.29. The Morgan fingerprint density at radius 3 is 2.47 bits per heavy atom. The summed E-state index contributed by atoms with van der Waals surface area (Å²) in [5, 5.41) is 0. The molecule has 1 fully saturated rings. The van der Waals surface area contributed by atoms with Crippen molar-refractivity contribution in [2.24, 2.45) is 11.3 Å². The molecule has 15 heavy (non-hydrogen) atoms. The Morgan fingerprint density at radius 2 is 2.00 bits per heavy atom. The fourth-order valence-electron chi connectivity index (χ4n) is 2.32. The lowest BCUT2D eigenvalue weighted by atomic mass is 9.84. The fourth-order valence-corrected chi connectivity index (χ4v) is 2.32. The molecule has 0 bridgehead atoms. The van der Waals surface area contributed by atoms with E-state index < -0.39 is 0 Å². The maximum absolute atomic E-state index is 11.7. The molecule has 0 aromatic heterocycles. The lowest BCUT2D eigenvalue weighted by molar-refractivity contribution is 0.178. The third kappa shape index (κ3) is 3.73. The first-order chi connectivity index (χ1) is 6.79. The van der Waals surface area contributed by atoms with Crippen LogP contribution in [-0.2, 0) is 0 Å². The van der Waals surface area contributed by atoms with Crippen LogP contribution >= 0.6 is 0 Å². The minimum atomic E-state index is 0.159. The summed E-state index contributed by atoms with van der Waals surface area (Å²) >= 11 is 0. The van der Waals surface area contributed by atoms with Crippen molar-refractivity contribution in [1.29, 1.82) is 0 Å². The summed E-state index contributed by atoms with van der Waals surface area (Å²) < 4.78 is 0. The summed E-state index contributed by atoms with van der Waals surface area (Å²) in [7, 11) is 3.64. The van der Waals surface area contributed by atoms with Crippen molar-refractivity contribution in [3.05, 3.63) is 0 Å². The summed E-state index contributed by atoms with van der Waals surface area (Å²) in [4.78, 5) is 15.3. The number of amides is 2. The van der Waals surface area contributed by atoms with Crippen LogP contribution < -0.4 is 0 Å². The fraction of sp³-hybridized carbons (Fsp3) is 0.917. The third-order valence-electron chi connectivity index (χ3n) is 2.84. The van der Waals surface area contributed by atoms with Gasteiger partial charge in [0.15, 0.2) is 0 Å². The van der Waals surface area contributed by atoms with Gasteiger partial charge in [-0.15, -0.1) is 0 Å². The Bertz CT molecular complexity index is 230. The Labute approximate surface area is 93.4 Å². The number of hydrogen-bond acceptors (Lipinski definition) is 1. The summed E-state index contributed by atoms with van der Waals surface area (Å²) in [6.45, 7) is 8.67. The van der Waals surface area contributed by atoms with Gasteiger partial charge in [0, 0.05) is 27.2 Å². The number of carbonyl (C=O) groups excluding carboxylic acids is 1. The van der Waals surface area contributed by atoms with E-state index in [4.69, 9.17) is 0 Å². The minimum Gasteiger partial charge on any atom is -0.331 e. The molecule has 88 valence electrons. The van der Waals surface area contributed by atoms with E-state index in [-0.39, 0.29) is 6.03 Å². The molecule has 1 atom stereocenters. The number of carbonyl (C=O) groups is 1. The number of rotatable bonds is 1. The maximum Gasteiger partial charge on any atom is 0.319 e. The highest BCUT2D eigenvalue weighted by molar-refractivity contribution is 5.74. The van der Waals surface area contributed by atoms with E-state index in [0.717, 1.165) is 19.5 Å². The van der Waals surface area contributed by atoms with Crippen LogP contribution in [0.1, 0.15) is 33.6 Å². The van der Waals surface area contributed by atoms with E-state index in [1.165, 1.54) is 6.42 Å². The Kier molecular flexibility index (Phi) is 3.63. The van der Waals surface area contributed by atoms with Gasteiger partial charge < -0.3 is 9.80 Å². The van der Waals surface area contributed by atoms with Gasteiger partial charge in [0.1, 0.15) is 0 Å². The average molecular weight is 212 g/mol. The summed E-state index contributed by atoms with van der Waals surface area (Å²) in [6.07, 6.45) is 2.38. The number of likely N-dealkylation sites (tertiary alicyclic amines) is 1. The van der Waals surface area contributed by atoms with Gasteiger partial charge in [-0.2, -0.15) is 0 Å². The number of urea groups is 1. The minimum absolute atomic E-state index is 0.159. The molecule has 3 nitrogen and oxygen atoms in total. The molecule has 2 amide bonds. The molecule has 0 aliphatic carbocycles. The van der Waals surface area contributed by atoms with Crippen molar-refractivity contribution in [3.63, 3.8) is 0 Å². The molecule has 3 heteroatoms. The number of nitrogens with zero attached hydrogens (tertiary/aromatic N) is 2. The molecule has 0 radical (unpaired) electrons. The predicted octanol–water partition coefficient (Wildman–Crippen LogP) is 2.43. The Morgan fingerprint density at radius 1 is 1.40 bits per heavy atom. The van der Waals surface area contributed by atoms with Gasteiger partial charge in [-0.25, -0.2) is 4.79 Å². The standard InChI is InChI=1S/C12H24N2O/c1-12(2,3)8-10-6-7-14(9-10)11(15)13(4)5/h10H,6-9H2,1-5H3/t10-/m0/s1. The quantitative estimate of drug-likeness (QED) is 0.655. The van der Waals surface area contributed by atoms with E-state index in [2.05, 4.69) is 20.8 Å². The summed E-state index contributed by atoms with van der Waals surface area (Å²) in [5.74, 6) is 0.689. The van der Waals surface area contributed by atoms with Gasteiger partial charge in [0.05, 0.1) is 0 Å². The van der Waals surface area contributed by atoms with Crippen molar-refractivity contribution >= 4 is 6.03 Å². The predicted molar refractivity (Wildman–Crippen MR) is 62.8 cm³/mol. The van der Waals surface area contributed by atoms with Crippen molar-refractivity contribution in [3.8, 4) is 0 Å². The second-order valence-corrected chi connectivity index (χ2v) is 6.04. The number of hydrogen-bond donors (Lipinski definition) is 0. The van der Waals surface area contributed by atoms with Crippen molar-refractivity contribution in [2.75, 3.05) is 27.2 Å². The molecule has 0 N–H and O–H groups in total. The SMILES string of the molecule is CN(C)C(=O)N1CC[C@@H](CC(C)(C)C)C1. The van der Waals surface area contributed by atoms with E-state index in [9.17, 15) is 4.79 Å². The molecular weight excluding hydrogens is 188 g/mol. The smallest absolute Gasteiger partial charge is 0.319 e. The zero-order chi connectivity index (χ0) is 11.6. The first-order valence-electron chi connectivity index (χ1n) is 5.76. The molecule has 0 unspecified atom stereocenters. The average Bonchev–Trinajstić information content (AvgIpc) is 2.48. The van der Waals surface area contributed by atoms with Crippen molar-refractivity contribution < 1.29 is 4.79 Å². The van der Waals surface area contributed by atoms with Crippen LogP contribution in [0.25, 0.3) is 0 Å². The lowest BCUT2D eigenvalue weighted by Crippen LogP contribution is -2.37. The van der Waals surface area contributed by atoms with Crippen LogP contribution in [0.2, 0.25) is 0 Å². The van der Waals surface area contributed by atoms with Gasteiger partial charge in [-0.3, -0.25) is 0 Å². The van der Waals surface area contributed by atoms with Crippen molar-refractivity contribution in [2.45, 2.75) is 33.6 Å². The van der Waals surface area contributed by atoms with Crippen LogP contribution in [0.3, 0.4) is 0 Å². The molecule has 1 rings (SSSR count). The Hall–Kier alpha value is -0.730. The van der Waals surface area contributed by atoms with Crippen molar-refractivity contribution in [1.82, 2.24) is 9.80 Å². The van der Waals surface area contributed by atoms with Gasteiger partial charge in [0.25, 0.3) is 0 Å². The monoisotopic (exact) mass is 212 g/mol. The molecule has 0 aromatic rings. The van der Waals surface area contributed by atoms with Gasteiger partial charge in [-0.05, 0) is 24.2 Å². The zero-order valence-corrected chi connectivity index (χ0v) is 10.7. The molecule has 1 aliphatic rings. The van der Waals surface area contributed by atoms with Gasteiger partial charge in [0.2, 0.25) is 0 Å². The van der Waals surface area contributed by atoms with Crippen LogP contribution in [0.15, 0.2) is 0 Å². The second kappa shape index (κ2) is 4.42. The van der Waals surface area contributed by atoms with E-state index in [0.29, 0.717) is 11.3 Å². The molecule has 0 saturated carbocycles. The molecular formula is C12H24N2O. The molecule has 1 aliphatic heterocycles. The van der Waals surface area contributed by atoms with Crippen LogP contribution in [0.5, 0.6) is 0 Å². The molecule has 1 heterocycles. The lowest BCUT2D eigenvalue weighted by Gasteiger charge is -2.24. The zero-order valence-electron chi connectivity index (χ0n) is 10.7. The second-order valence-electron chi connectivity index (χ2n) is 6.04. The van der Waals surface area contributed by atoms with E-state index in [1.54, 1.807) is 4.90 Å². The summed E-state index contributed by atoms with van der Waals surface area (Å²) in [6, 6.07) is 0.159. The van der Waals surface area contributed by atoms with Gasteiger partial charge >= 0.3 is 6.03 Å².